The van der Waals surface area contributed by atoms with Crippen molar-refractivity contribution in [2.75, 3.05) is 26.5 Å². The summed E-state index contributed by atoms with van der Waals surface area (Å²) < 4.78 is 24.1. The Kier molecular flexibility index (Phi) is 5.91. The molecule has 2 unspecified atom stereocenters. The number of morpholine rings is 1. The quantitative estimate of drug-likeness (QED) is 0.665. The molecule has 1 aliphatic carbocycles. The fourth-order valence-electron chi connectivity index (χ4n) is 5.79. The van der Waals surface area contributed by atoms with Gasteiger partial charge < -0.3 is 14.6 Å². The topological polar surface area (TPSA) is 59.0 Å². The van der Waals surface area contributed by atoms with Crippen molar-refractivity contribution < 1.29 is 23.8 Å². The maximum atomic E-state index is 13.2. The molecule has 1 N–H and O–H groups in total. The van der Waals surface area contributed by atoms with Gasteiger partial charge in [-0.2, -0.15) is 0 Å². The van der Waals surface area contributed by atoms with Gasteiger partial charge in [0.2, 0.25) is 0 Å². The predicted molar refractivity (Wildman–Crippen MR) is 119 cm³/mol. The Morgan fingerprint density at radius 3 is 2.22 bits per heavy atom. The fourth-order valence-corrected chi connectivity index (χ4v) is 5.79. The Morgan fingerprint density at radius 1 is 1.03 bits per heavy atom. The van der Waals surface area contributed by atoms with Gasteiger partial charge in [0.05, 0.1) is 37.6 Å². The molecule has 32 heavy (non-hydrogen) atoms. The lowest BCUT2D eigenvalue weighted by Gasteiger charge is -2.51. The van der Waals surface area contributed by atoms with Gasteiger partial charge in [-0.05, 0) is 54.4 Å². The molecular formula is C26H30FNO4. The number of amides is 1. The highest BCUT2D eigenvalue weighted by Gasteiger charge is 2.48. The molecule has 0 spiro atoms. The van der Waals surface area contributed by atoms with Gasteiger partial charge in [-0.1, -0.05) is 48.5 Å². The third-order valence-corrected chi connectivity index (χ3v) is 7.21. The molecule has 6 heteroatoms. The van der Waals surface area contributed by atoms with E-state index in [0.717, 1.165) is 0 Å². The summed E-state index contributed by atoms with van der Waals surface area (Å²) in [5.74, 6) is 0.0184. The monoisotopic (exact) mass is 439 g/mol. The van der Waals surface area contributed by atoms with Crippen LogP contribution >= 0.6 is 0 Å². The first-order valence-electron chi connectivity index (χ1n) is 11.6. The molecule has 2 aliphatic heterocycles. The van der Waals surface area contributed by atoms with E-state index in [1.165, 1.54) is 22.3 Å². The second-order valence-electron chi connectivity index (χ2n) is 9.34. The minimum atomic E-state index is -0.867. The first-order valence-corrected chi connectivity index (χ1v) is 11.6. The number of ether oxygens (including phenoxy) is 2. The summed E-state index contributed by atoms with van der Waals surface area (Å²) in [6, 6.07) is 16.1. The first-order chi connectivity index (χ1) is 15.6. The number of carbonyl (C=O) groups is 1. The lowest BCUT2D eigenvalue weighted by molar-refractivity contribution is -0.135. The standard InChI is InChI=1S/C26H30FNO4/c27-12-6-5-11-26(30)13-18-15-31-16-19(14-26)28(18)25(29)32-17-24-22-9-3-1-7-20(22)21-8-2-4-10-23(21)24/h1-4,7-10,18-19,24,30H,5-6,11-17H2. The molecule has 2 heterocycles. The molecule has 2 saturated heterocycles. The number of unbranched alkanes of at least 4 members (excludes halogenated alkanes) is 1. The summed E-state index contributed by atoms with van der Waals surface area (Å²) in [4.78, 5) is 15.0. The Balaban J connectivity index is 1.28. The summed E-state index contributed by atoms with van der Waals surface area (Å²) in [5, 5.41) is 11.1. The van der Waals surface area contributed by atoms with Crippen LogP contribution in [-0.2, 0) is 9.47 Å². The van der Waals surface area contributed by atoms with Crippen LogP contribution in [0.15, 0.2) is 48.5 Å². The molecule has 2 atom stereocenters. The second-order valence-corrected chi connectivity index (χ2v) is 9.34. The second kappa shape index (κ2) is 8.83. The van der Waals surface area contributed by atoms with E-state index in [0.29, 0.717) is 45.3 Å². The molecule has 0 radical (unpaired) electrons. The van der Waals surface area contributed by atoms with Crippen molar-refractivity contribution >= 4 is 6.09 Å². The van der Waals surface area contributed by atoms with E-state index in [9.17, 15) is 14.3 Å². The van der Waals surface area contributed by atoms with Crippen LogP contribution in [0.25, 0.3) is 11.1 Å². The largest absolute Gasteiger partial charge is 0.448 e. The van der Waals surface area contributed by atoms with Crippen molar-refractivity contribution in [3.8, 4) is 11.1 Å². The average molecular weight is 440 g/mol. The predicted octanol–water partition coefficient (Wildman–Crippen LogP) is 4.67. The summed E-state index contributed by atoms with van der Waals surface area (Å²) in [6.45, 7) is 0.709. The van der Waals surface area contributed by atoms with Gasteiger partial charge in [0.1, 0.15) is 6.61 Å². The SMILES string of the molecule is O=C(OCC1c2ccccc2-c2ccccc21)N1C2COCC1CC(O)(CCCCF)C2. The Morgan fingerprint density at radius 2 is 1.62 bits per heavy atom. The Bertz CT molecular complexity index is 920. The average Bonchev–Trinajstić information content (AvgIpc) is 3.11. The van der Waals surface area contributed by atoms with Gasteiger partial charge in [0.25, 0.3) is 0 Å². The highest BCUT2D eigenvalue weighted by molar-refractivity contribution is 5.79. The lowest BCUT2D eigenvalue weighted by Crippen LogP contribution is -2.63. The Hall–Kier alpha value is -2.44. The van der Waals surface area contributed by atoms with E-state index in [2.05, 4.69) is 24.3 Å². The van der Waals surface area contributed by atoms with Gasteiger partial charge in [-0.25, -0.2) is 4.79 Å². The van der Waals surface area contributed by atoms with E-state index < -0.39 is 5.60 Å². The summed E-state index contributed by atoms with van der Waals surface area (Å²) in [6.07, 6.45) is 2.22. The number of alkyl halides is 1. The molecular weight excluding hydrogens is 409 g/mol. The van der Waals surface area contributed by atoms with Gasteiger partial charge in [-0.3, -0.25) is 9.29 Å². The van der Waals surface area contributed by atoms with E-state index in [4.69, 9.17) is 9.47 Å². The number of hydrogen-bond acceptors (Lipinski definition) is 4. The zero-order chi connectivity index (χ0) is 22.1. The van der Waals surface area contributed by atoms with E-state index in [1.807, 2.05) is 24.3 Å². The minimum absolute atomic E-state index is 0.0184. The fraction of sp³-hybridized carbons (Fsp3) is 0.500. The van der Waals surface area contributed by atoms with Gasteiger partial charge in [0, 0.05) is 5.92 Å². The Labute approximate surface area is 188 Å². The number of hydrogen-bond donors (Lipinski definition) is 1. The van der Waals surface area contributed by atoms with Crippen LogP contribution in [0.2, 0.25) is 0 Å². The van der Waals surface area contributed by atoms with Crippen molar-refractivity contribution in [1.29, 1.82) is 0 Å². The minimum Gasteiger partial charge on any atom is -0.448 e. The molecule has 5 rings (SSSR count). The van der Waals surface area contributed by atoms with Crippen molar-refractivity contribution in [3.05, 3.63) is 59.7 Å². The van der Waals surface area contributed by atoms with Crippen molar-refractivity contribution in [2.45, 2.75) is 55.7 Å². The number of carbonyl (C=O) groups excluding carboxylic acids is 1. The van der Waals surface area contributed by atoms with Gasteiger partial charge in [0.15, 0.2) is 0 Å². The molecule has 0 aromatic heterocycles. The van der Waals surface area contributed by atoms with Crippen LogP contribution in [0.5, 0.6) is 0 Å². The van der Waals surface area contributed by atoms with Crippen LogP contribution in [0, 0.1) is 0 Å². The smallest absolute Gasteiger partial charge is 0.410 e. The maximum Gasteiger partial charge on any atom is 0.410 e. The normalized spacial score (nSPS) is 26.5. The van der Waals surface area contributed by atoms with Crippen molar-refractivity contribution in [2.24, 2.45) is 0 Å². The number of benzene rings is 2. The zero-order valence-electron chi connectivity index (χ0n) is 18.2. The number of halogens is 1. The molecule has 170 valence electrons. The highest BCUT2D eigenvalue weighted by atomic mass is 19.1. The number of nitrogens with zero attached hydrogens (tertiary/aromatic N) is 1. The number of aliphatic hydroxyl groups is 1. The van der Waals surface area contributed by atoms with Crippen molar-refractivity contribution in [1.82, 2.24) is 4.90 Å². The van der Waals surface area contributed by atoms with Crippen molar-refractivity contribution in [3.63, 3.8) is 0 Å². The number of fused-ring (bicyclic) bond motifs is 5. The van der Waals surface area contributed by atoms with Gasteiger partial charge in [-0.15, -0.1) is 0 Å². The maximum absolute atomic E-state index is 13.2. The molecule has 2 aromatic carbocycles. The molecule has 2 fully saturated rings. The van der Waals surface area contributed by atoms with E-state index >= 15 is 0 Å². The van der Waals surface area contributed by atoms with Crippen LogP contribution in [0.4, 0.5) is 9.18 Å². The van der Waals surface area contributed by atoms with Crippen LogP contribution in [0.1, 0.15) is 49.1 Å². The molecule has 0 saturated carbocycles. The number of piperidine rings is 1. The third kappa shape index (κ3) is 3.90. The third-order valence-electron chi connectivity index (χ3n) is 7.21. The number of rotatable bonds is 6. The van der Waals surface area contributed by atoms with Crippen LogP contribution in [0.3, 0.4) is 0 Å². The lowest BCUT2D eigenvalue weighted by atomic mass is 9.78. The summed E-state index contributed by atoms with van der Waals surface area (Å²) in [5.41, 5.74) is 3.90. The molecule has 2 aromatic rings. The van der Waals surface area contributed by atoms with Gasteiger partial charge >= 0.3 is 6.09 Å². The highest BCUT2D eigenvalue weighted by Crippen LogP contribution is 2.45. The summed E-state index contributed by atoms with van der Waals surface area (Å²) in [7, 11) is 0. The van der Waals surface area contributed by atoms with Crippen LogP contribution in [-0.4, -0.2) is 60.3 Å². The molecule has 1 amide bonds. The van der Waals surface area contributed by atoms with E-state index in [1.54, 1.807) is 4.90 Å². The molecule has 3 aliphatic rings. The van der Waals surface area contributed by atoms with Crippen LogP contribution < -0.4 is 0 Å². The molecule has 2 bridgehead atoms. The first kappa shape index (κ1) is 21.4. The van der Waals surface area contributed by atoms with E-state index in [-0.39, 0.29) is 37.4 Å². The zero-order valence-corrected chi connectivity index (χ0v) is 18.2. The molecule has 5 nitrogen and oxygen atoms in total. The summed E-state index contributed by atoms with van der Waals surface area (Å²) >= 11 is 0.